The molecule has 0 atom stereocenters. The molecule has 1 heterocycles. The van der Waals surface area contributed by atoms with Crippen LogP contribution in [0.1, 0.15) is 18.4 Å². The van der Waals surface area contributed by atoms with E-state index < -0.39 is 10.0 Å². The average molecular weight is 337 g/mol. The van der Waals surface area contributed by atoms with E-state index in [1.54, 1.807) is 12.1 Å². The second kappa shape index (κ2) is 6.97. The minimum Gasteiger partial charge on any atom is -0.396 e. The van der Waals surface area contributed by atoms with Gasteiger partial charge in [0.2, 0.25) is 10.0 Å². The Morgan fingerprint density at radius 1 is 1.30 bits per heavy atom. The van der Waals surface area contributed by atoms with E-state index in [1.807, 2.05) is 25.1 Å². The lowest BCUT2D eigenvalue weighted by molar-refractivity contribution is 0.0442. The van der Waals surface area contributed by atoms with Crippen LogP contribution in [0.25, 0.3) is 0 Å². The quantitative estimate of drug-likeness (QED) is 0.862. The van der Waals surface area contributed by atoms with Crippen molar-refractivity contribution in [3.05, 3.63) is 29.8 Å². The van der Waals surface area contributed by atoms with Crippen LogP contribution in [-0.4, -0.2) is 63.1 Å². The number of aliphatic hydroxyl groups is 1. The highest BCUT2D eigenvalue weighted by Gasteiger charge is 2.39. The molecule has 0 aromatic heterocycles. The van der Waals surface area contributed by atoms with Crippen molar-refractivity contribution < 1.29 is 13.5 Å². The second-order valence-electron chi connectivity index (χ2n) is 6.41. The van der Waals surface area contributed by atoms with Gasteiger partial charge in [0.25, 0.3) is 0 Å². The molecule has 0 aliphatic carbocycles. The highest BCUT2D eigenvalue weighted by molar-refractivity contribution is 7.89. The van der Waals surface area contributed by atoms with Crippen LogP contribution in [0.4, 0.5) is 0 Å². The molecule has 1 aromatic carbocycles. The van der Waals surface area contributed by atoms with Gasteiger partial charge in [-0.05, 0) is 39.1 Å². The van der Waals surface area contributed by atoms with Crippen LogP contribution in [-0.2, 0) is 10.0 Å². The summed E-state index contributed by atoms with van der Waals surface area (Å²) in [6, 6.07) is 8.21. The van der Waals surface area contributed by atoms with Crippen molar-refractivity contribution in [2.75, 3.05) is 40.3 Å². The van der Waals surface area contributed by atoms with Gasteiger partial charge in [0, 0.05) is 25.0 Å². The summed E-state index contributed by atoms with van der Waals surface area (Å²) in [4.78, 5) is 2.08. The molecule has 0 amide bonds. The molecule has 1 N–H and O–H groups in total. The first kappa shape index (κ1) is 17.9. The molecule has 0 unspecified atom stereocenters. The number of sulfonamides is 1. The molecule has 126 valence electrons. The fraction of sp³-hybridized carbons (Fsp3) is 0.562. The molecule has 0 radical (unpaired) electrons. The Kier molecular flexibility index (Phi) is 5.42. The Labute approximate surface area is 138 Å². The van der Waals surface area contributed by atoms with Crippen molar-refractivity contribution in [1.82, 2.24) is 9.21 Å². The maximum absolute atomic E-state index is 12.8. The predicted octanol–water partition coefficient (Wildman–Crippen LogP) is 0.883. The van der Waals surface area contributed by atoms with E-state index in [4.69, 9.17) is 5.26 Å². The van der Waals surface area contributed by atoms with Gasteiger partial charge in [-0.1, -0.05) is 12.1 Å². The molecule has 1 fully saturated rings. The number of rotatable bonds is 5. The molecule has 1 saturated heterocycles. The zero-order valence-corrected chi connectivity index (χ0v) is 14.4. The summed E-state index contributed by atoms with van der Waals surface area (Å²) in [6.45, 7) is 1.49. The van der Waals surface area contributed by atoms with Crippen LogP contribution in [0.2, 0.25) is 0 Å². The van der Waals surface area contributed by atoms with Crippen LogP contribution in [0.5, 0.6) is 0 Å². The van der Waals surface area contributed by atoms with E-state index in [9.17, 15) is 13.5 Å². The van der Waals surface area contributed by atoms with Crippen molar-refractivity contribution >= 4 is 10.0 Å². The van der Waals surface area contributed by atoms with Gasteiger partial charge in [-0.3, -0.25) is 0 Å². The summed E-state index contributed by atoms with van der Waals surface area (Å²) >= 11 is 0. The second-order valence-corrected chi connectivity index (χ2v) is 8.31. The topological polar surface area (TPSA) is 84.6 Å². The van der Waals surface area contributed by atoms with Crippen LogP contribution >= 0.6 is 0 Å². The number of hydrogen-bond donors (Lipinski definition) is 1. The highest BCUT2D eigenvalue weighted by atomic mass is 32.2. The SMILES string of the molecule is CN(C)CC1(CO)CCN(S(=O)(=O)c2ccccc2C#N)CC1. The molecule has 1 aliphatic heterocycles. The van der Waals surface area contributed by atoms with E-state index in [1.165, 1.54) is 16.4 Å². The highest BCUT2D eigenvalue weighted by Crippen LogP contribution is 2.34. The third-order valence-electron chi connectivity index (χ3n) is 4.40. The Balaban J connectivity index is 2.20. The fourth-order valence-electron chi connectivity index (χ4n) is 3.16. The van der Waals surface area contributed by atoms with E-state index in [2.05, 4.69) is 0 Å². The summed E-state index contributed by atoms with van der Waals surface area (Å²) in [6.07, 6.45) is 1.21. The zero-order valence-electron chi connectivity index (χ0n) is 13.6. The number of piperidine rings is 1. The number of hydrogen-bond acceptors (Lipinski definition) is 5. The average Bonchev–Trinajstić information content (AvgIpc) is 2.54. The largest absolute Gasteiger partial charge is 0.396 e. The molecule has 0 bridgehead atoms. The van der Waals surface area contributed by atoms with Gasteiger partial charge in [-0.15, -0.1) is 0 Å². The summed E-state index contributed by atoms with van der Waals surface area (Å²) < 4.78 is 27.0. The molecular weight excluding hydrogens is 314 g/mol. The van der Waals surface area contributed by atoms with E-state index in [0.717, 1.165) is 6.54 Å². The lowest BCUT2D eigenvalue weighted by Crippen LogP contribution is -2.48. The van der Waals surface area contributed by atoms with Crippen LogP contribution in [0.3, 0.4) is 0 Å². The lowest BCUT2D eigenvalue weighted by Gasteiger charge is -2.41. The molecule has 1 aliphatic rings. The van der Waals surface area contributed by atoms with Crippen molar-refractivity contribution in [2.45, 2.75) is 17.7 Å². The predicted molar refractivity (Wildman–Crippen MR) is 87.2 cm³/mol. The van der Waals surface area contributed by atoms with Crippen LogP contribution in [0.15, 0.2) is 29.2 Å². The molecule has 2 rings (SSSR count). The normalized spacial score (nSPS) is 18.7. The van der Waals surface area contributed by atoms with Gasteiger partial charge >= 0.3 is 0 Å². The van der Waals surface area contributed by atoms with Crippen molar-refractivity contribution in [1.29, 1.82) is 5.26 Å². The van der Waals surface area contributed by atoms with Gasteiger partial charge < -0.3 is 10.0 Å². The number of nitriles is 1. The van der Waals surface area contributed by atoms with E-state index in [0.29, 0.717) is 25.9 Å². The lowest BCUT2D eigenvalue weighted by atomic mass is 9.79. The fourth-order valence-corrected chi connectivity index (χ4v) is 4.74. The minimum absolute atomic E-state index is 0.0495. The van der Waals surface area contributed by atoms with E-state index in [-0.39, 0.29) is 22.5 Å². The summed E-state index contributed by atoms with van der Waals surface area (Å²) in [7, 11) is 0.220. The van der Waals surface area contributed by atoms with Gasteiger partial charge in [0.05, 0.1) is 17.1 Å². The number of aliphatic hydroxyl groups excluding tert-OH is 1. The first-order valence-electron chi connectivity index (χ1n) is 7.59. The molecule has 7 heteroatoms. The maximum atomic E-state index is 12.8. The van der Waals surface area contributed by atoms with Crippen LogP contribution < -0.4 is 0 Å². The first-order chi connectivity index (χ1) is 10.8. The third-order valence-corrected chi connectivity index (χ3v) is 6.35. The molecular formula is C16H23N3O3S. The smallest absolute Gasteiger partial charge is 0.244 e. The molecule has 6 nitrogen and oxygen atoms in total. The first-order valence-corrected chi connectivity index (χ1v) is 9.03. The van der Waals surface area contributed by atoms with Crippen LogP contribution in [0, 0.1) is 16.7 Å². The molecule has 1 aromatic rings. The van der Waals surface area contributed by atoms with E-state index >= 15 is 0 Å². The molecule has 23 heavy (non-hydrogen) atoms. The van der Waals surface area contributed by atoms with Gasteiger partial charge in [-0.25, -0.2) is 8.42 Å². The Bertz CT molecular complexity index is 687. The standard InChI is InChI=1S/C16H23N3O3S/c1-18(2)12-16(13-20)7-9-19(10-8-16)23(21,22)15-6-4-3-5-14(15)11-17/h3-6,20H,7-10,12-13H2,1-2H3. The maximum Gasteiger partial charge on any atom is 0.244 e. The molecule has 0 saturated carbocycles. The van der Waals surface area contributed by atoms with Gasteiger partial charge in [-0.2, -0.15) is 9.57 Å². The zero-order chi connectivity index (χ0) is 17.1. The van der Waals surface area contributed by atoms with Crippen molar-refractivity contribution in [3.63, 3.8) is 0 Å². The third kappa shape index (κ3) is 3.72. The number of nitrogens with zero attached hydrogens (tertiary/aromatic N) is 3. The Morgan fingerprint density at radius 2 is 1.91 bits per heavy atom. The Hall–Kier alpha value is -1.46. The summed E-state index contributed by atoms with van der Waals surface area (Å²) in [5, 5.41) is 18.9. The Morgan fingerprint density at radius 3 is 2.43 bits per heavy atom. The minimum atomic E-state index is -3.68. The van der Waals surface area contributed by atoms with Crippen molar-refractivity contribution in [3.8, 4) is 6.07 Å². The monoisotopic (exact) mass is 337 g/mol. The molecule has 0 spiro atoms. The van der Waals surface area contributed by atoms with Gasteiger partial charge in [0.1, 0.15) is 6.07 Å². The summed E-state index contributed by atoms with van der Waals surface area (Å²) in [5.74, 6) is 0. The van der Waals surface area contributed by atoms with Crippen molar-refractivity contribution in [2.24, 2.45) is 5.41 Å². The summed E-state index contributed by atoms with van der Waals surface area (Å²) in [5.41, 5.74) is -0.0932. The number of benzene rings is 1. The van der Waals surface area contributed by atoms with Gasteiger partial charge in [0.15, 0.2) is 0 Å².